The van der Waals surface area contributed by atoms with Crippen LogP contribution in [0.4, 0.5) is 0 Å². The van der Waals surface area contributed by atoms with Crippen LogP contribution in [-0.4, -0.2) is 35.7 Å². The zero-order valence-corrected chi connectivity index (χ0v) is 16.8. The summed E-state index contributed by atoms with van der Waals surface area (Å²) in [6.45, 7) is -0.0541. The van der Waals surface area contributed by atoms with Crippen molar-refractivity contribution < 1.29 is 23.1 Å². The molecule has 0 aliphatic carbocycles. The molecule has 0 spiro atoms. The van der Waals surface area contributed by atoms with Gasteiger partial charge in [0.25, 0.3) is 10.0 Å². The van der Waals surface area contributed by atoms with Gasteiger partial charge in [0.2, 0.25) is 5.78 Å². The second kappa shape index (κ2) is 7.64. The van der Waals surface area contributed by atoms with Crippen LogP contribution in [0.1, 0.15) is 21.5 Å². The van der Waals surface area contributed by atoms with E-state index >= 15 is 0 Å². The molecule has 2 heterocycles. The first-order chi connectivity index (χ1) is 14.4. The Kier molecular flexibility index (Phi) is 5.01. The maximum absolute atomic E-state index is 13.4. The number of hydrogen-bond acceptors (Lipinski definition) is 6. The lowest BCUT2D eigenvalue weighted by Crippen LogP contribution is -2.38. The predicted octanol–water partition coefficient (Wildman–Crippen LogP) is 3.22. The van der Waals surface area contributed by atoms with Gasteiger partial charge in [-0.15, -0.1) is 0 Å². The zero-order valence-electron chi connectivity index (χ0n) is 16.0. The van der Waals surface area contributed by atoms with Gasteiger partial charge in [-0.2, -0.15) is 0 Å². The van der Waals surface area contributed by atoms with E-state index in [0.717, 1.165) is 4.31 Å². The lowest BCUT2D eigenvalue weighted by Gasteiger charge is -2.31. The van der Waals surface area contributed by atoms with E-state index in [9.17, 15) is 18.3 Å². The van der Waals surface area contributed by atoms with Crippen molar-refractivity contribution >= 4 is 21.9 Å². The van der Waals surface area contributed by atoms with E-state index in [1.54, 1.807) is 54.9 Å². The number of ether oxygens (including phenoxy) is 1. The summed E-state index contributed by atoms with van der Waals surface area (Å²) < 4.78 is 33.0. The van der Waals surface area contributed by atoms with Gasteiger partial charge in [0.15, 0.2) is 11.5 Å². The molecule has 152 valence electrons. The Morgan fingerprint density at radius 1 is 1.07 bits per heavy atom. The average Bonchev–Trinajstić information content (AvgIpc) is 2.76. The van der Waals surface area contributed by atoms with Gasteiger partial charge in [-0.1, -0.05) is 24.3 Å². The Balaban J connectivity index is 1.93. The van der Waals surface area contributed by atoms with Crippen LogP contribution >= 0.6 is 0 Å². The first-order valence-electron chi connectivity index (χ1n) is 9.06. The van der Waals surface area contributed by atoms with E-state index in [4.69, 9.17) is 4.74 Å². The fourth-order valence-corrected chi connectivity index (χ4v) is 4.95. The second-order valence-corrected chi connectivity index (χ2v) is 8.45. The smallest absolute Gasteiger partial charge is 0.265 e. The number of rotatable bonds is 4. The zero-order chi connectivity index (χ0) is 21.3. The summed E-state index contributed by atoms with van der Waals surface area (Å²) in [6, 6.07) is 14.3. The number of Topliss-reactive ketones (excluding diaryl/α,β-unsaturated/α-hetero) is 1. The molecule has 0 radical (unpaired) electrons. The van der Waals surface area contributed by atoms with Gasteiger partial charge in [-0.3, -0.25) is 14.1 Å². The highest BCUT2D eigenvalue weighted by Crippen LogP contribution is 2.37. The molecule has 0 saturated heterocycles. The van der Waals surface area contributed by atoms with Crippen LogP contribution in [0.2, 0.25) is 0 Å². The number of benzene rings is 2. The molecule has 30 heavy (non-hydrogen) atoms. The fraction of sp³-hybridized carbons (Fsp3) is 0.0909. The molecule has 0 unspecified atom stereocenters. The van der Waals surface area contributed by atoms with Crippen molar-refractivity contribution in [3.8, 4) is 11.5 Å². The number of methoxy groups -OCH3 is 1. The van der Waals surface area contributed by atoms with E-state index in [0.29, 0.717) is 5.56 Å². The highest BCUT2D eigenvalue weighted by Gasteiger charge is 2.39. The molecular formula is C22H18N2O5S. The molecule has 3 aromatic rings. The number of carbonyl (C=O) groups is 1. The van der Waals surface area contributed by atoms with Gasteiger partial charge in [-0.25, -0.2) is 8.42 Å². The SMILES string of the molecule is COc1cccc(C=C2C(=O)c3ccccc3S(=O)(=O)N2Cc2ccncc2)c1O. The number of aromatic hydroxyl groups is 1. The number of sulfonamides is 1. The number of para-hydroxylation sites is 1. The summed E-state index contributed by atoms with van der Waals surface area (Å²) in [5.74, 6) is -0.409. The molecule has 0 saturated carbocycles. The largest absolute Gasteiger partial charge is 0.504 e. The molecule has 1 aliphatic heterocycles. The Bertz CT molecular complexity index is 1250. The van der Waals surface area contributed by atoms with Crippen molar-refractivity contribution in [2.45, 2.75) is 11.4 Å². The number of aromatic nitrogens is 1. The molecule has 8 heteroatoms. The van der Waals surface area contributed by atoms with E-state index in [1.165, 1.54) is 25.3 Å². The first kappa shape index (κ1) is 19.7. The van der Waals surface area contributed by atoms with E-state index in [-0.39, 0.29) is 39.8 Å². The van der Waals surface area contributed by atoms with Crippen LogP contribution in [0.3, 0.4) is 0 Å². The third kappa shape index (κ3) is 3.31. The fourth-order valence-electron chi connectivity index (χ4n) is 3.31. The van der Waals surface area contributed by atoms with Crippen molar-refractivity contribution in [2.75, 3.05) is 7.11 Å². The van der Waals surface area contributed by atoms with Crippen LogP contribution in [-0.2, 0) is 16.6 Å². The number of ketones is 1. The minimum absolute atomic E-state index is 0.0453. The summed E-state index contributed by atoms with van der Waals surface area (Å²) in [6.07, 6.45) is 4.48. The molecule has 1 aliphatic rings. The van der Waals surface area contributed by atoms with Crippen molar-refractivity contribution in [1.82, 2.24) is 9.29 Å². The van der Waals surface area contributed by atoms with Crippen molar-refractivity contribution in [3.63, 3.8) is 0 Å². The van der Waals surface area contributed by atoms with Crippen LogP contribution in [0, 0.1) is 0 Å². The van der Waals surface area contributed by atoms with Crippen LogP contribution in [0.25, 0.3) is 6.08 Å². The van der Waals surface area contributed by atoms with E-state index < -0.39 is 15.8 Å². The highest BCUT2D eigenvalue weighted by molar-refractivity contribution is 7.89. The Morgan fingerprint density at radius 3 is 2.53 bits per heavy atom. The molecule has 4 rings (SSSR count). The Hall–Kier alpha value is -3.65. The number of fused-ring (bicyclic) bond motifs is 1. The summed E-state index contributed by atoms with van der Waals surface area (Å²) in [7, 11) is -2.59. The summed E-state index contributed by atoms with van der Waals surface area (Å²) in [4.78, 5) is 17.2. The Morgan fingerprint density at radius 2 is 1.80 bits per heavy atom. The topological polar surface area (TPSA) is 96.8 Å². The van der Waals surface area contributed by atoms with Crippen molar-refractivity contribution in [2.24, 2.45) is 0 Å². The van der Waals surface area contributed by atoms with Gasteiger partial charge >= 0.3 is 0 Å². The predicted molar refractivity (Wildman–Crippen MR) is 110 cm³/mol. The number of allylic oxidation sites excluding steroid dienone is 1. The van der Waals surface area contributed by atoms with Gasteiger partial charge in [0.05, 0.1) is 18.6 Å². The minimum Gasteiger partial charge on any atom is -0.504 e. The highest BCUT2D eigenvalue weighted by atomic mass is 32.2. The van der Waals surface area contributed by atoms with E-state index in [1.807, 2.05) is 0 Å². The molecule has 0 fully saturated rings. The molecule has 1 N–H and O–H groups in total. The van der Waals surface area contributed by atoms with Gasteiger partial charge < -0.3 is 9.84 Å². The van der Waals surface area contributed by atoms with Crippen LogP contribution in [0.15, 0.2) is 77.6 Å². The number of carbonyl (C=O) groups excluding carboxylic acids is 1. The van der Waals surface area contributed by atoms with Gasteiger partial charge in [0, 0.05) is 23.5 Å². The standard InChI is InChI=1S/C22H18N2O5S/c1-29-19-7-4-5-16(21(19)25)13-18-22(26)17-6-2-3-8-20(17)30(27,28)24(18)14-15-9-11-23-12-10-15/h2-13,25H,14H2,1H3. The third-order valence-corrected chi connectivity index (χ3v) is 6.64. The molecule has 0 amide bonds. The molecule has 0 atom stereocenters. The lowest BCUT2D eigenvalue weighted by molar-refractivity contribution is 0.100. The first-order valence-corrected chi connectivity index (χ1v) is 10.5. The minimum atomic E-state index is -4.00. The molecule has 1 aromatic heterocycles. The van der Waals surface area contributed by atoms with E-state index in [2.05, 4.69) is 4.98 Å². The maximum Gasteiger partial charge on any atom is 0.265 e. The third-order valence-electron chi connectivity index (χ3n) is 4.82. The summed E-state index contributed by atoms with van der Waals surface area (Å²) in [5, 5.41) is 10.4. The number of hydrogen-bond donors (Lipinski definition) is 1. The Labute approximate surface area is 173 Å². The molecule has 7 nitrogen and oxygen atoms in total. The number of phenols is 1. The monoisotopic (exact) mass is 422 g/mol. The van der Waals surface area contributed by atoms with Crippen LogP contribution in [0.5, 0.6) is 11.5 Å². The second-order valence-electron chi connectivity index (χ2n) is 6.62. The average molecular weight is 422 g/mol. The van der Waals surface area contributed by atoms with Crippen molar-refractivity contribution in [3.05, 3.63) is 89.4 Å². The number of pyridine rings is 1. The summed E-state index contributed by atoms with van der Waals surface area (Å²) in [5.41, 5.74) is 0.972. The number of nitrogens with zero attached hydrogens (tertiary/aromatic N) is 2. The van der Waals surface area contributed by atoms with Crippen molar-refractivity contribution in [1.29, 1.82) is 0 Å². The van der Waals surface area contributed by atoms with Gasteiger partial charge in [0.1, 0.15) is 5.70 Å². The maximum atomic E-state index is 13.4. The van der Waals surface area contributed by atoms with Crippen LogP contribution < -0.4 is 4.74 Å². The number of phenolic OH excluding ortho intramolecular Hbond substituents is 1. The lowest BCUT2D eigenvalue weighted by atomic mass is 10.0. The molecular weight excluding hydrogens is 404 g/mol. The quantitative estimate of drug-likeness (QED) is 0.649. The summed E-state index contributed by atoms with van der Waals surface area (Å²) >= 11 is 0. The molecule has 0 bridgehead atoms. The normalized spacial score (nSPS) is 16.4. The molecule has 2 aromatic carbocycles. The van der Waals surface area contributed by atoms with Gasteiger partial charge in [-0.05, 0) is 42.0 Å².